The molecule has 4 aromatic rings. The van der Waals surface area contributed by atoms with E-state index < -0.39 is 0 Å². The van der Waals surface area contributed by atoms with Crippen molar-refractivity contribution in [1.82, 2.24) is 0 Å². The van der Waals surface area contributed by atoms with Crippen LogP contribution in [-0.4, -0.2) is 22.6 Å². The largest absolute Gasteiger partial charge is 0.507 e. The highest BCUT2D eigenvalue weighted by atomic mass is 16.3. The van der Waals surface area contributed by atoms with Crippen molar-refractivity contribution in [3.05, 3.63) is 119 Å². The van der Waals surface area contributed by atoms with E-state index in [4.69, 9.17) is 0 Å². The van der Waals surface area contributed by atoms with Gasteiger partial charge in [-0.3, -0.25) is 9.98 Å². The standard InChI is InChI=1S/C27H22N2O2/c30-26-16-20(11-13-22(26)18-28-24-7-3-1-4-8-24)15-21-12-14-23(27(31)17-21)19-29-25-9-5-2-6-10-25/h1-14,16-19,30-31H,15H2. The zero-order valence-corrected chi connectivity index (χ0v) is 16.9. The Hall–Kier alpha value is -4.18. The van der Waals surface area contributed by atoms with E-state index in [1.807, 2.05) is 84.9 Å². The summed E-state index contributed by atoms with van der Waals surface area (Å²) < 4.78 is 0. The van der Waals surface area contributed by atoms with E-state index in [0.717, 1.165) is 22.5 Å². The molecular weight excluding hydrogens is 384 g/mol. The smallest absolute Gasteiger partial charge is 0.124 e. The summed E-state index contributed by atoms with van der Waals surface area (Å²) in [6.07, 6.45) is 3.90. The number of benzene rings is 4. The van der Waals surface area contributed by atoms with Crippen LogP contribution in [0.25, 0.3) is 0 Å². The fraction of sp³-hybridized carbons (Fsp3) is 0.0370. The molecule has 0 bridgehead atoms. The fourth-order valence-corrected chi connectivity index (χ4v) is 3.17. The first kappa shape index (κ1) is 20.1. The first-order chi connectivity index (χ1) is 15.2. The molecule has 4 nitrogen and oxygen atoms in total. The lowest BCUT2D eigenvalue weighted by atomic mass is 10.0. The lowest BCUT2D eigenvalue weighted by molar-refractivity contribution is 0.473. The molecule has 152 valence electrons. The third-order valence-corrected chi connectivity index (χ3v) is 4.82. The van der Waals surface area contributed by atoms with Gasteiger partial charge in [-0.05, 0) is 66.1 Å². The zero-order valence-electron chi connectivity index (χ0n) is 16.9. The first-order valence-corrected chi connectivity index (χ1v) is 9.99. The molecule has 4 rings (SSSR count). The maximum Gasteiger partial charge on any atom is 0.124 e. The Kier molecular flexibility index (Phi) is 6.19. The lowest BCUT2D eigenvalue weighted by Crippen LogP contribution is -1.92. The van der Waals surface area contributed by atoms with Gasteiger partial charge in [0.25, 0.3) is 0 Å². The number of rotatable bonds is 6. The Morgan fingerprint density at radius 3 is 1.35 bits per heavy atom. The molecule has 0 spiro atoms. The van der Waals surface area contributed by atoms with Crippen molar-refractivity contribution < 1.29 is 10.2 Å². The molecule has 0 aliphatic heterocycles. The molecule has 0 aromatic heterocycles. The predicted octanol–water partition coefficient (Wildman–Crippen LogP) is 6.19. The van der Waals surface area contributed by atoms with Crippen LogP contribution in [0.5, 0.6) is 11.5 Å². The van der Waals surface area contributed by atoms with Gasteiger partial charge in [0.1, 0.15) is 11.5 Å². The second kappa shape index (κ2) is 9.55. The Morgan fingerprint density at radius 2 is 0.968 bits per heavy atom. The van der Waals surface area contributed by atoms with Crippen molar-refractivity contribution in [3.8, 4) is 11.5 Å². The van der Waals surface area contributed by atoms with E-state index in [2.05, 4.69) is 9.98 Å². The molecular formula is C27H22N2O2. The van der Waals surface area contributed by atoms with Crippen LogP contribution in [0.2, 0.25) is 0 Å². The highest BCUT2D eigenvalue weighted by Gasteiger charge is 2.05. The predicted molar refractivity (Wildman–Crippen MR) is 126 cm³/mol. The van der Waals surface area contributed by atoms with Crippen LogP contribution in [0.4, 0.5) is 11.4 Å². The summed E-state index contributed by atoms with van der Waals surface area (Å²) in [5, 5.41) is 20.7. The highest BCUT2D eigenvalue weighted by molar-refractivity contribution is 5.86. The van der Waals surface area contributed by atoms with Gasteiger partial charge in [0.2, 0.25) is 0 Å². The van der Waals surface area contributed by atoms with Gasteiger partial charge in [-0.2, -0.15) is 0 Å². The summed E-state index contributed by atoms with van der Waals surface area (Å²) in [6, 6.07) is 30.2. The monoisotopic (exact) mass is 406 g/mol. The fourth-order valence-electron chi connectivity index (χ4n) is 3.17. The van der Waals surface area contributed by atoms with Crippen LogP contribution in [-0.2, 0) is 6.42 Å². The summed E-state index contributed by atoms with van der Waals surface area (Å²) in [6.45, 7) is 0. The van der Waals surface area contributed by atoms with Crippen LogP contribution in [0.3, 0.4) is 0 Å². The Bertz CT molecular complexity index is 1120. The number of nitrogens with zero attached hydrogens (tertiary/aromatic N) is 2. The van der Waals surface area contributed by atoms with E-state index in [9.17, 15) is 10.2 Å². The van der Waals surface area contributed by atoms with Gasteiger partial charge >= 0.3 is 0 Å². The van der Waals surface area contributed by atoms with Crippen LogP contribution in [0.15, 0.2) is 107 Å². The summed E-state index contributed by atoms with van der Waals surface area (Å²) in [5.41, 5.74) is 4.86. The molecule has 0 amide bonds. The minimum absolute atomic E-state index is 0.174. The van der Waals surface area contributed by atoms with Crippen molar-refractivity contribution in [3.63, 3.8) is 0 Å². The van der Waals surface area contributed by atoms with Crippen molar-refractivity contribution in [2.24, 2.45) is 9.98 Å². The molecule has 0 aliphatic carbocycles. The van der Waals surface area contributed by atoms with Gasteiger partial charge in [-0.15, -0.1) is 0 Å². The molecule has 2 N–H and O–H groups in total. The van der Waals surface area contributed by atoms with E-state index >= 15 is 0 Å². The Morgan fingerprint density at radius 1 is 0.548 bits per heavy atom. The van der Waals surface area contributed by atoms with Gasteiger partial charge < -0.3 is 10.2 Å². The minimum Gasteiger partial charge on any atom is -0.507 e. The van der Waals surface area contributed by atoms with Gasteiger partial charge in [-0.1, -0.05) is 48.5 Å². The Balaban J connectivity index is 1.45. The van der Waals surface area contributed by atoms with Gasteiger partial charge in [0.05, 0.1) is 11.4 Å². The number of hydrogen-bond acceptors (Lipinski definition) is 4. The third-order valence-electron chi connectivity index (χ3n) is 4.82. The molecule has 0 heterocycles. The summed E-state index contributed by atoms with van der Waals surface area (Å²) >= 11 is 0. The minimum atomic E-state index is 0.174. The molecule has 0 saturated carbocycles. The summed E-state index contributed by atoms with van der Waals surface area (Å²) in [7, 11) is 0. The Labute approximate surface area is 181 Å². The second-order valence-electron chi connectivity index (χ2n) is 7.15. The van der Waals surface area contributed by atoms with Gasteiger partial charge in [0, 0.05) is 23.6 Å². The molecule has 0 saturated heterocycles. The van der Waals surface area contributed by atoms with Crippen molar-refractivity contribution >= 4 is 23.8 Å². The maximum atomic E-state index is 10.4. The molecule has 0 aliphatic rings. The average molecular weight is 406 g/mol. The van der Waals surface area contributed by atoms with Crippen molar-refractivity contribution in [1.29, 1.82) is 0 Å². The van der Waals surface area contributed by atoms with E-state index in [-0.39, 0.29) is 11.5 Å². The number of aromatic hydroxyl groups is 2. The molecule has 0 atom stereocenters. The van der Waals surface area contributed by atoms with Crippen LogP contribution in [0, 0.1) is 0 Å². The molecule has 0 radical (unpaired) electrons. The van der Waals surface area contributed by atoms with Crippen molar-refractivity contribution in [2.75, 3.05) is 0 Å². The van der Waals surface area contributed by atoms with Gasteiger partial charge in [0.15, 0.2) is 0 Å². The highest BCUT2D eigenvalue weighted by Crippen LogP contribution is 2.24. The van der Waals surface area contributed by atoms with Crippen LogP contribution >= 0.6 is 0 Å². The topological polar surface area (TPSA) is 65.2 Å². The van der Waals surface area contributed by atoms with Gasteiger partial charge in [-0.25, -0.2) is 0 Å². The summed E-state index contributed by atoms with van der Waals surface area (Å²) in [5.74, 6) is 0.348. The maximum absolute atomic E-state index is 10.4. The molecule has 31 heavy (non-hydrogen) atoms. The number of phenolic OH excluding ortho intramolecular Hbond substituents is 2. The summed E-state index contributed by atoms with van der Waals surface area (Å²) in [4.78, 5) is 8.76. The zero-order chi connectivity index (χ0) is 21.5. The number of aliphatic imine (C=N–C) groups is 2. The average Bonchev–Trinajstić information content (AvgIpc) is 2.79. The molecule has 4 aromatic carbocycles. The second-order valence-corrected chi connectivity index (χ2v) is 7.15. The number of para-hydroxylation sites is 2. The first-order valence-electron chi connectivity index (χ1n) is 9.99. The molecule has 4 heteroatoms. The van der Waals surface area contributed by atoms with Crippen molar-refractivity contribution in [2.45, 2.75) is 6.42 Å². The van der Waals surface area contributed by atoms with Crippen LogP contribution in [0.1, 0.15) is 22.3 Å². The quantitative estimate of drug-likeness (QED) is 0.375. The van der Waals surface area contributed by atoms with E-state index in [1.54, 1.807) is 24.6 Å². The number of phenols is 2. The number of hydrogen-bond donors (Lipinski definition) is 2. The lowest BCUT2D eigenvalue weighted by Gasteiger charge is -2.07. The molecule has 0 fully saturated rings. The molecule has 0 unspecified atom stereocenters. The van der Waals surface area contributed by atoms with Crippen LogP contribution < -0.4 is 0 Å². The SMILES string of the molecule is Oc1cc(Cc2ccc(C=Nc3ccccc3)c(O)c2)ccc1C=Nc1ccccc1. The third kappa shape index (κ3) is 5.46. The van der Waals surface area contributed by atoms with E-state index in [0.29, 0.717) is 17.5 Å². The normalized spacial score (nSPS) is 11.4. The van der Waals surface area contributed by atoms with E-state index in [1.165, 1.54) is 0 Å².